The fourth-order valence-corrected chi connectivity index (χ4v) is 2.85. The van der Waals surface area contributed by atoms with Crippen LogP contribution in [0.15, 0.2) is 22.7 Å². The molecule has 1 saturated heterocycles. The third-order valence-electron chi connectivity index (χ3n) is 4.05. The summed E-state index contributed by atoms with van der Waals surface area (Å²) in [6, 6.07) is 3.78. The first-order valence-corrected chi connectivity index (χ1v) is 7.76. The predicted molar refractivity (Wildman–Crippen MR) is 83.0 cm³/mol. The molecule has 1 heterocycles. The Balaban J connectivity index is 2.02. The van der Waals surface area contributed by atoms with Crippen LogP contribution < -0.4 is 5.32 Å². The van der Waals surface area contributed by atoms with Crippen LogP contribution in [0.25, 0.3) is 0 Å². The van der Waals surface area contributed by atoms with Gasteiger partial charge in [0.05, 0.1) is 11.5 Å². The van der Waals surface area contributed by atoms with Crippen molar-refractivity contribution in [1.29, 1.82) is 0 Å². The van der Waals surface area contributed by atoms with E-state index in [1.165, 1.54) is 11.0 Å². The molecule has 1 aliphatic rings. The minimum absolute atomic E-state index is 0.156. The quantitative estimate of drug-likeness (QED) is 0.855. The molecule has 2 N–H and O–H groups in total. The third kappa shape index (κ3) is 3.40. The zero-order chi connectivity index (χ0) is 16.5. The maximum Gasteiger partial charge on any atom is 0.317 e. The zero-order valence-corrected chi connectivity index (χ0v) is 14.0. The average Bonchev–Trinajstić information content (AvgIpc) is 2.82. The van der Waals surface area contributed by atoms with E-state index in [1.807, 2.05) is 0 Å². The molecule has 0 bridgehead atoms. The standard InChI is InChI=1S/C15H18BrFN2O3/c1-9(11-4-3-10(16)7-12(11)17)18-14(22)19-6-5-15(2,8-19)13(20)21/h3-4,7,9H,5-6,8H2,1-2H3,(H,18,22)(H,20,21)/t9-,15?/m0/s1. The summed E-state index contributed by atoms with van der Waals surface area (Å²) in [5.41, 5.74) is -0.527. The molecule has 1 aromatic rings. The number of amides is 2. The molecule has 0 radical (unpaired) electrons. The second kappa shape index (κ2) is 6.24. The number of nitrogens with zero attached hydrogens (tertiary/aromatic N) is 1. The Hall–Kier alpha value is -1.63. The molecule has 0 spiro atoms. The van der Waals surface area contributed by atoms with Crippen LogP contribution in [0.4, 0.5) is 9.18 Å². The number of hydrogen-bond acceptors (Lipinski definition) is 2. The second-order valence-corrected chi connectivity index (χ2v) is 6.79. The summed E-state index contributed by atoms with van der Waals surface area (Å²) in [5.74, 6) is -1.31. The van der Waals surface area contributed by atoms with Crippen molar-refractivity contribution < 1.29 is 19.1 Å². The first-order valence-electron chi connectivity index (χ1n) is 6.97. The van der Waals surface area contributed by atoms with E-state index in [0.29, 0.717) is 23.0 Å². The highest BCUT2D eigenvalue weighted by atomic mass is 79.9. The third-order valence-corrected chi connectivity index (χ3v) is 4.54. The molecular weight excluding hydrogens is 355 g/mol. The van der Waals surface area contributed by atoms with Gasteiger partial charge in [0.1, 0.15) is 5.82 Å². The van der Waals surface area contributed by atoms with E-state index in [0.717, 1.165) is 0 Å². The lowest BCUT2D eigenvalue weighted by molar-refractivity contribution is -0.146. The summed E-state index contributed by atoms with van der Waals surface area (Å²) in [6.45, 7) is 3.85. The molecule has 2 rings (SSSR count). The summed E-state index contributed by atoms with van der Waals surface area (Å²) in [7, 11) is 0. The smallest absolute Gasteiger partial charge is 0.317 e. The molecule has 1 aliphatic heterocycles. The Morgan fingerprint density at radius 2 is 2.18 bits per heavy atom. The van der Waals surface area contributed by atoms with Gasteiger partial charge in [-0.25, -0.2) is 9.18 Å². The van der Waals surface area contributed by atoms with Crippen molar-refractivity contribution in [2.75, 3.05) is 13.1 Å². The highest BCUT2D eigenvalue weighted by molar-refractivity contribution is 9.10. The first-order chi connectivity index (χ1) is 10.2. The van der Waals surface area contributed by atoms with Gasteiger partial charge in [0.15, 0.2) is 0 Å². The highest BCUT2D eigenvalue weighted by Crippen LogP contribution is 2.30. The van der Waals surface area contributed by atoms with E-state index in [1.54, 1.807) is 26.0 Å². The maximum atomic E-state index is 13.9. The highest BCUT2D eigenvalue weighted by Gasteiger charge is 2.42. The summed E-state index contributed by atoms with van der Waals surface area (Å²) in [6.07, 6.45) is 0.413. The van der Waals surface area contributed by atoms with Crippen molar-refractivity contribution in [2.45, 2.75) is 26.3 Å². The van der Waals surface area contributed by atoms with Gasteiger partial charge in [0, 0.05) is 23.1 Å². The Kier molecular flexibility index (Phi) is 4.75. The van der Waals surface area contributed by atoms with Crippen LogP contribution in [0, 0.1) is 11.2 Å². The molecule has 1 aromatic carbocycles. The van der Waals surface area contributed by atoms with Crippen molar-refractivity contribution in [3.8, 4) is 0 Å². The van der Waals surface area contributed by atoms with E-state index in [-0.39, 0.29) is 12.6 Å². The number of carbonyl (C=O) groups excluding carboxylic acids is 1. The average molecular weight is 373 g/mol. The Morgan fingerprint density at radius 1 is 1.50 bits per heavy atom. The molecule has 0 aromatic heterocycles. The number of nitrogens with one attached hydrogen (secondary N) is 1. The van der Waals surface area contributed by atoms with Crippen molar-refractivity contribution >= 4 is 27.9 Å². The van der Waals surface area contributed by atoms with E-state index < -0.39 is 23.2 Å². The second-order valence-electron chi connectivity index (χ2n) is 5.87. The predicted octanol–water partition coefficient (Wildman–Crippen LogP) is 3.16. The van der Waals surface area contributed by atoms with Gasteiger partial charge < -0.3 is 15.3 Å². The van der Waals surface area contributed by atoms with Crippen LogP contribution in [-0.2, 0) is 4.79 Å². The van der Waals surface area contributed by atoms with Crippen LogP contribution >= 0.6 is 15.9 Å². The summed E-state index contributed by atoms with van der Waals surface area (Å²) in [5, 5.41) is 11.9. The van der Waals surface area contributed by atoms with Gasteiger partial charge in [-0.05, 0) is 32.4 Å². The summed E-state index contributed by atoms with van der Waals surface area (Å²) < 4.78 is 14.5. The van der Waals surface area contributed by atoms with Crippen LogP contribution in [0.1, 0.15) is 31.9 Å². The number of aliphatic carboxylic acids is 1. The number of likely N-dealkylation sites (tertiary alicyclic amines) is 1. The lowest BCUT2D eigenvalue weighted by Crippen LogP contribution is -2.41. The largest absolute Gasteiger partial charge is 0.481 e. The van der Waals surface area contributed by atoms with Gasteiger partial charge in [-0.2, -0.15) is 0 Å². The van der Waals surface area contributed by atoms with Crippen LogP contribution in [-0.4, -0.2) is 35.1 Å². The van der Waals surface area contributed by atoms with Crippen molar-refractivity contribution in [3.63, 3.8) is 0 Å². The fourth-order valence-electron chi connectivity index (χ4n) is 2.52. The first kappa shape index (κ1) is 16.7. The number of hydrogen-bond donors (Lipinski definition) is 2. The SMILES string of the molecule is C[C@H](NC(=O)N1CCC(C)(C(=O)O)C1)c1ccc(Br)cc1F. The summed E-state index contributed by atoms with van der Waals surface area (Å²) >= 11 is 3.18. The molecular formula is C15H18BrFN2O3. The number of halogens is 2. The maximum absolute atomic E-state index is 13.9. The normalized spacial score (nSPS) is 22.5. The van der Waals surface area contributed by atoms with Gasteiger partial charge in [0.2, 0.25) is 0 Å². The van der Waals surface area contributed by atoms with Crippen molar-refractivity contribution in [3.05, 3.63) is 34.1 Å². The van der Waals surface area contributed by atoms with Crippen molar-refractivity contribution in [1.82, 2.24) is 10.2 Å². The molecule has 1 fully saturated rings. The van der Waals surface area contributed by atoms with E-state index in [4.69, 9.17) is 0 Å². The van der Waals surface area contributed by atoms with Crippen LogP contribution in [0.3, 0.4) is 0 Å². The van der Waals surface area contributed by atoms with Crippen LogP contribution in [0.5, 0.6) is 0 Å². The van der Waals surface area contributed by atoms with Gasteiger partial charge in [-0.15, -0.1) is 0 Å². The monoisotopic (exact) mass is 372 g/mol. The molecule has 0 aliphatic carbocycles. The minimum atomic E-state index is -0.913. The number of urea groups is 1. The van der Waals surface area contributed by atoms with Gasteiger partial charge in [0.25, 0.3) is 0 Å². The molecule has 2 atom stereocenters. The van der Waals surface area contributed by atoms with Gasteiger partial charge >= 0.3 is 12.0 Å². The molecule has 0 saturated carbocycles. The molecule has 2 amide bonds. The zero-order valence-electron chi connectivity index (χ0n) is 12.4. The number of carboxylic acid groups (broad SMARTS) is 1. The Bertz CT molecular complexity index is 610. The Labute approximate surface area is 136 Å². The van der Waals surface area contributed by atoms with Gasteiger partial charge in [-0.3, -0.25) is 4.79 Å². The number of benzene rings is 1. The van der Waals surface area contributed by atoms with E-state index >= 15 is 0 Å². The number of rotatable bonds is 3. The molecule has 22 heavy (non-hydrogen) atoms. The molecule has 7 heteroatoms. The number of carboxylic acids is 1. The Morgan fingerprint density at radius 3 is 2.73 bits per heavy atom. The minimum Gasteiger partial charge on any atom is -0.481 e. The molecule has 120 valence electrons. The van der Waals surface area contributed by atoms with Gasteiger partial charge in [-0.1, -0.05) is 22.0 Å². The van der Waals surface area contributed by atoms with E-state index in [2.05, 4.69) is 21.2 Å². The van der Waals surface area contributed by atoms with Crippen LogP contribution in [0.2, 0.25) is 0 Å². The topological polar surface area (TPSA) is 69.6 Å². The lowest BCUT2D eigenvalue weighted by atomic mass is 9.90. The fraction of sp³-hybridized carbons (Fsp3) is 0.467. The number of carbonyl (C=O) groups is 2. The lowest BCUT2D eigenvalue weighted by Gasteiger charge is -2.23. The summed E-state index contributed by atoms with van der Waals surface area (Å²) in [4.78, 5) is 24.9. The molecule has 1 unspecified atom stereocenters. The van der Waals surface area contributed by atoms with E-state index in [9.17, 15) is 19.1 Å². The molecule has 5 nitrogen and oxygen atoms in total. The van der Waals surface area contributed by atoms with Crippen molar-refractivity contribution in [2.24, 2.45) is 5.41 Å².